The number of aromatic hydroxyl groups is 1. The third-order valence-electron chi connectivity index (χ3n) is 4.41. The van der Waals surface area contributed by atoms with Gasteiger partial charge < -0.3 is 14.6 Å². The molecule has 1 unspecified atom stereocenters. The van der Waals surface area contributed by atoms with Crippen LogP contribution in [0.5, 0.6) is 11.5 Å². The van der Waals surface area contributed by atoms with Gasteiger partial charge in [-0.3, -0.25) is 4.90 Å². The Morgan fingerprint density at radius 1 is 1.17 bits per heavy atom. The Labute approximate surface area is 143 Å². The van der Waals surface area contributed by atoms with Crippen LogP contribution in [0.4, 0.5) is 0 Å². The molecule has 4 nitrogen and oxygen atoms in total. The highest BCUT2D eigenvalue weighted by Gasteiger charge is 2.20. The number of methoxy groups -OCH3 is 1. The lowest BCUT2D eigenvalue weighted by Crippen LogP contribution is -2.31. The fraction of sp³-hybridized carbons (Fsp3) is 0.400. The summed E-state index contributed by atoms with van der Waals surface area (Å²) in [6.45, 7) is 3.22. The zero-order valence-corrected chi connectivity index (χ0v) is 14.1. The molecule has 0 radical (unpaired) electrons. The van der Waals surface area contributed by atoms with Crippen LogP contribution in [-0.2, 0) is 17.8 Å². The van der Waals surface area contributed by atoms with Gasteiger partial charge in [0.25, 0.3) is 0 Å². The van der Waals surface area contributed by atoms with Crippen LogP contribution in [0.25, 0.3) is 0 Å². The van der Waals surface area contributed by atoms with Gasteiger partial charge in [0.2, 0.25) is 0 Å². The molecule has 0 amide bonds. The first kappa shape index (κ1) is 16.8. The lowest BCUT2D eigenvalue weighted by atomic mass is 10.1. The fourth-order valence-corrected chi connectivity index (χ4v) is 3.18. The highest BCUT2D eigenvalue weighted by Crippen LogP contribution is 2.22. The standard InChI is InChI=1S/C20H25NO3/c1-23-18-8-4-6-16(12-18)13-21(15-19-9-5-11-24-19)14-17-7-2-3-10-20(17)22/h2-4,6-8,10,12,19,22H,5,9,11,13-15H2,1H3. The minimum atomic E-state index is 0.279. The molecule has 0 aromatic heterocycles. The molecule has 1 N–H and O–H groups in total. The molecular formula is C20H25NO3. The van der Waals surface area contributed by atoms with Crippen molar-refractivity contribution < 1.29 is 14.6 Å². The van der Waals surface area contributed by atoms with Crippen molar-refractivity contribution in [3.63, 3.8) is 0 Å². The van der Waals surface area contributed by atoms with E-state index in [1.54, 1.807) is 13.2 Å². The normalized spacial score (nSPS) is 17.3. The lowest BCUT2D eigenvalue weighted by Gasteiger charge is -2.26. The predicted molar refractivity (Wildman–Crippen MR) is 94.2 cm³/mol. The molecule has 0 spiro atoms. The number of benzene rings is 2. The van der Waals surface area contributed by atoms with Crippen molar-refractivity contribution in [1.29, 1.82) is 0 Å². The van der Waals surface area contributed by atoms with E-state index in [1.165, 1.54) is 5.56 Å². The molecule has 2 aromatic rings. The van der Waals surface area contributed by atoms with Crippen LogP contribution in [0.2, 0.25) is 0 Å². The Balaban J connectivity index is 1.74. The lowest BCUT2D eigenvalue weighted by molar-refractivity contribution is 0.0676. The van der Waals surface area contributed by atoms with Gasteiger partial charge >= 0.3 is 0 Å². The Bertz CT molecular complexity index is 653. The second kappa shape index (κ2) is 8.18. The summed E-state index contributed by atoms with van der Waals surface area (Å²) in [7, 11) is 1.69. The number of hydrogen-bond acceptors (Lipinski definition) is 4. The van der Waals surface area contributed by atoms with E-state index >= 15 is 0 Å². The van der Waals surface area contributed by atoms with Crippen molar-refractivity contribution in [3.8, 4) is 11.5 Å². The van der Waals surface area contributed by atoms with Crippen molar-refractivity contribution in [3.05, 3.63) is 59.7 Å². The minimum absolute atomic E-state index is 0.279. The number of phenolic OH excluding ortho intramolecular Hbond substituents is 1. The van der Waals surface area contributed by atoms with Crippen molar-refractivity contribution in [1.82, 2.24) is 4.90 Å². The van der Waals surface area contributed by atoms with Gasteiger partial charge in [-0.05, 0) is 36.6 Å². The number of para-hydroxylation sites is 1. The van der Waals surface area contributed by atoms with E-state index in [2.05, 4.69) is 17.0 Å². The van der Waals surface area contributed by atoms with Gasteiger partial charge in [-0.25, -0.2) is 0 Å². The zero-order valence-electron chi connectivity index (χ0n) is 14.1. The van der Waals surface area contributed by atoms with E-state index in [0.717, 1.165) is 43.9 Å². The molecule has 2 aromatic carbocycles. The average molecular weight is 327 g/mol. The quantitative estimate of drug-likeness (QED) is 0.844. The van der Waals surface area contributed by atoms with Crippen molar-refractivity contribution in [2.45, 2.75) is 32.0 Å². The van der Waals surface area contributed by atoms with Crippen LogP contribution >= 0.6 is 0 Å². The molecule has 1 heterocycles. The number of hydrogen-bond donors (Lipinski definition) is 1. The maximum atomic E-state index is 10.1. The third kappa shape index (κ3) is 4.49. The molecular weight excluding hydrogens is 302 g/mol. The van der Waals surface area contributed by atoms with Crippen LogP contribution in [0.15, 0.2) is 48.5 Å². The summed E-state index contributed by atoms with van der Waals surface area (Å²) in [5, 5.41) is 10.1. The number of nitrogens with zero attached hydrogens (tertiary/aromatic N) is 1. The molecule has 1 aliphatic rings. The van der Waals surface area contributed by atoms with E-state index in [-0.39, 0.29) is 6.10 Å². The van der Waals surface area contributed by atoms with Gasteiger partial charge in [-0.15, -0.1) is 0 Å². The maximum absolute atomic E-state index is 10.1. The van der Waals surface area contributed by atoms with Crippen LogP contribution in [0.3, 0.4) is 0 Å². The Morgan fingerprint density at radius 3 is 2.79 bits per heavy atom. The molecule has 1 fully saturated rings. The van der Waals surface area contributed by atoms with Crippen LogP contribution in [0, 0.1) is 0 Å². The second-order valence-corrected chi connectivity index (χ2v) is 6.28. The van der Waals surface area contributed by atoms with E-state index in [9.17, 15) is 5.11 Å². The number of ether oxygens (including phenoxy) is 2. The summed E-state index contributed by atoms with van der Waals surface area (Å²) in [5.74, 6) is 1.22. The van der Waals surface area contributed by atoms with Gasteiger partial charge in [0, 0.05) is 31.8 Å². The van der Waals surface area contributed by atoms with Crippen LogP contribution in [0.1, 0.15) is 24.0 Å². The summed E-state index contributed by atoms with van der Waals surface area (Å²) in [5.41, 5.74) is 2.14. The van der Waals surface area contributed by atoms with Gasteiger partial charge in [-0.1, -0.05) is 30.3 Å². The first-order chi connectivity index (χ1) is 11.7. The molecule has 128 valence electrons. The second-order valence-electron chi connectivity index (χ2n) is 6.28. The number of rotatable bonds is 7. The SMILES string of the molecule is COc1cccc(CN(Cc2ccccc2O)CC2CCCO2)c1. The van der Waals surface area contributed by atoms with E-state index in [4.69, 9.17) is 9.47 Å². The highest BCUT2D eigenvalue weighted by atomic mass is 16.5. The largest absolute Gasteiger partial charge is 0.508 e. The zero-order chi connectivity index (χ0) is 16.8. The van der Waals surface area contributed by atoms with Crippen molar-refractivity contribution in [2.24, 2.45) is 0 Å². The molecule has 1 atom stereocenters. The third-order valence-corrected chi connectivity index (χ3v) is 4.41. The van der Waals surface area contributed by atoms with Gasteiger partial charge in [0.05, 0.1) is 13.2 Å². The van der Waals surface area contributed by atoms with Crippen LogP contribution < -0.4 is 4.74 Å². The molecule has 1 aliphatic heterocycles. The first-order valence-corrected chi connectivity index (χ1v) is 8.48. The Kier molecular flexibility index (Phi) is 5.72. The average Bonchev–Trinajstić information content (AvgIpc) is 3.10. The van der Waals surface area contributed by atoms with Crippen molar-refractivity contribution in [2.75, 3.05) is 20.3 Å². The molecule has 1 saturated heterocycles. The monoisotopic (exact) mass is 327 g/mol. The summed E-state index contributed by atoms with van der Waals surface area (Å²) in [4.78, 5) is 2.33. The van der Waals surface area contributed by atoms with Crippen molar-refractivity contribution >= 4 is 0 Å². The maximum Gasteiger partial charge on any atom is 0.120 e. The first-order valence-electron chi connectivity index (χ1n) is 8.48. The van der Waals surface area contributed by atoms with E-state index in [1.807, 2.05) is 30.3 Å². The van der Waals surface area contributed by atoms with E-state index in [0.29, 0.717) is 12.3 Å². The minimum Gasteiger partial charge on any atom is -0.508 e. The smallest absolute Gasteiger partial charge is 0.120 e. The highest BCUT2D eigenvalue weighted by molar-refractivity contribution is 5.32. The van der Waals surface area contributed by atoms with Gasteiger partial charge in [-0.2, -0.15) is 0 Å². The molecule has 0 bridgehead atoms. The summed E-state index contributed by atoms with van der Waals surface area (Å²) >= 11 is 0. The fourth-order valence-electron chi connectivity index (χ4n) is 3.18. The molecule has 3 rings (SSSR count). The topological polar surface area (TPSA) is 41.9 Å². The van der Waals surface area contributed by atoms with E-state index < -0.39 is 0 Å². The van der Waals surface area contributed by atoms with Gasteiger partial charge in [0.15, 0.2) is 0 Å². The predicted octanol–water partition coefficient (Wildman–Crippen LogP) is 3.58. The Hall–Kier alpha value is -2.04. The van der Waals surface area contributed by atoms with Gasteiger partial charge in [0.1, 0.15) is 11.5 Å². The molecule has 24 heavy (non-hydrogen) atoms. The van der Waals surface area contributed by atoms with Crippen LogP contribution in [-0.4, -0.2) is 36.4 Å². The summed E-state index contributed by atoms with van der Waals surface area (Å²) in [6.07, 6.45) is 2.52. The summed E-state index contributed by atoms with van der Waals surface area (Å²) < 4.78 is 11.1. The number of phenols is 1. The molecule has 4 heteroatoms. The summed E-state index contributed by atoms with van der Waals surface area (Å²) in [6, 6.07) is 15.7. The molecule has 0 aliphatic carbocycles. The Morgan fingerprint density at radius 2 is 2.04 bits per heavy atom. The molecule has 0 saturated carbocycles.